The SMILES string of the molecule is N#C[C@@H]1CCCN1C(=O)[C@H]1NCSC1C(=O)C1Cc2ccccc2C1. The molecule has 2 heterocycles. The highest BCUT2D eigenvalue weighted by Crippen LogP contribution is 2.33. The number of ketones is 1. The van der Waals surface area contributed by atoms with Crippen molar-refractivity contribution in [2.75, 3.05) is 12.4 Å². The van der Waals surface area contributed by atoms with Gasteiger partial charge in [0.1, 0.15) is 12.1 Å². The second kappa shape index (κ2) is 6.81. The zero-order valence-electron chi connectivity index (χ0n) is 14.0. The Kier molecular flexibility index (Phi) is 4.53. The first-order valence-corrected chi connectivity index (χ1v) is 9.89. The second-order valence-corrected chi connectivity index (χ2v) is 8.14. The zero-order valence-corrected chi connectivity index (χ0v) is 14.8. The zero-order chi connectivity index (χ0) is 17.4. The molecule has 130 valence electrons. The van der Waals surface area contributed by atoms with Crippen LogP contribution in [0.2, 0.25) is 0 Å². The molecule has 2 saturated heterocycles. The van der Waals surface area contributed by atoms with Gasteiger partial charge in [-0.1, -0.05) is 24.3 Å². The molecule has 0 bridgehead atoms. The lowest BCUT2D eigenvalue weighted by atomic mass is 9.94. The number of hydrogen-bond acceptors (Lipinski definition) is 5. The molecule has 0 saturated carbocycles. The quantitative estimate of drug-likeness (QED) is 0.890. The minimum Gasteiger partial charge on any atom is -0.325 e. The van der Waals surface area contributed by atoms with Crippen molar-refractivity contribution in [1.29, 1.82) is 5.26 Å². The Morgan fingerprint density at radius 3 is 2.64 bits per heavy atom. The largest absolute Gasteiger partial charge is 0.325 e. The van der Waals surface area contributed by atoms with E-state index in [2.05, 4.69) is 23.5 Å². The number of carbonyl (C=O) groups is 2. The molecule has 1 aliphatic carbocycles. The number of nitrogens with one attached hydrogen (secondary N) is 1. The number of carbonyl (C=O) groups excluding carboxylic acids is 2. The average molecular weight is 355 g/mol. The van der Waals surface area contributed by atoms with E-state index < -0.39 is 6.04 Å². The topological polar surface area (TPSA) is 73.2 Å². The van der Waals surface area contributed by atoms with E-state index in [1.54, 1.807) is 4.90 Å². The van der Waals surface area contributed by atoms with Crippen LogP contribution >= 0.6 is 11.8 Å². The van der Waals surface area contributed by atoms with Crippen molar-refractivity contribution in [3.63, 3.8) is 0 Å². The van der Waals surface area contributed by atoms with Crippen LogP contribution in [0.1, 0.15) is 24.0 Å². The van der Waals surface area contributed by atoms with Gasteiger partial charge in [0.15, 0.2) is 5.78 Å². The number of thioether (sulfide) groups is 1. The third-order valence-corrected chi connectivity index (χ3v) is 6.75. The van der Waals surface area contributed by atoms with Gasteiger partial charge in [0.05, 0.1) is 11.3 Å². The van der Waals surface area contributed by atoms with Crippen molar-refractivity contribution in [1.82, 2.24) is 10.2 Å². The van der Waals surface area contributed by atoms with Crippen molar-refractivity contribution in [3.05, 3.63) is 35.4 Å². The molecule has 3 atom stereocenters. The van der Waals surface area contributed by atoms with E-state index in [1.165, 1.54) is 22.9 Å². The number of fused-ring (bicyclic) bond motifs is 1. The molecule has 2 aliphatic heterocycles. The monoisotopic (exact) mass is 355 g/mol. The van der Waals surface area contributed by atoms with Crippen LogP contribution in [0.25, 0.3) is 0 Å². The smallest absolute Gasteiger partial charge is 0.242 e. The van der Waals surface area contributed by atoms with Crippen molar-refractivity contribution < 1.29 is 9.59 Å². The predicted octanol–water partition coefficient (Wildman–Crippen LogP) is 1.52. The molecule has 3 aliphatic rings. The van der Waals surface area contributed by atoms with Gasteiger partial charge < -0.3 is 4.90 Å². The van der Waals surface area contributed by atoms with Gasteiger partial charge in [0.2, 0.25) is 5.91 Å². The summed E-state index contributed by atoms with van der Waals surface area (Å²) in [5.74, 6) is 0.674. The van der Waals surface area contributed by atoms with E-state index in [0.29, 0.717) is 12.4 Å². The Morgan fingerprint density at radius 2 is 1.96 bits per heavy atom. The summed E-state index contributed by atoms with van der Waals surface area (Å²) in [4.78, 5) is 27.7. The molecule has 25 heavy (non-hydrogen) atoms. The molecular weight excluding hydrogens is 334 g/mol. The highest BCUT2D eigenvalue weighted by atomic mass is 32.2. The standard InChI is InChI=1S/C19H21N3O2S/c20-10-15-6-3-7-22(15)19(24)16-18(25-11-21-16)17(23)14-8-12-4-1-2-5-13(12)9-14/h1-2,4-5,14-16,18,21H,3,6-9,11H2/t15-,16-,18?/m0/s1. The third kappa shape index (κ3) is 2.96. The van der Waals surface area contributed by atoms with Gasteiger partial charge >= 0.3 is 0 Å². The molecule has 0 spiro atoms. The summed E-state index contributed by atoms with van der Waals surface area (Å²) in [6, 6.07) is 9.59. The fourth-order valence-corrected chi connectivity index (χ4v) is 5.45. The fraction of sp³-hybridized carbons (Fsp3) is 0.526. The van der Waals surface area contributed by atoms with Crippen molar-refractivity contribution in [2.24, 2.45) is 5.92 Å². The van der Waals surface area contributed by atoms with E-state index >= 15 is 0 Å². The maximum atomic E-state index is 13.1. The van der Waals surface area contributed by atoms with E-state index in [-0.39, 0.29) is 28.9 Å². The Bertz CT molecular complexity index is 719. The molecule has 0 aromatic heterocycles. The van der Waals surface area contributed by atoms with Crippen molar-refractivity contribution >= 4 is 23.5 Å². The van der Waals surface area contributed by atoms with Crippen LogP contribution in [-0.2, 0) is 22.4 Å². The molecule has 2 fully saturated rings. The minimum absolute atomic E-state index is 0.0320. The summed E-state index contributed by atoms with van der Waals surface area (Å²) in [6.07, 6.45) is 3.15. The third-order valence-electron chi connectivity index (χ3n) is 5.55. The summed E-state index contributed by atoms with van der Waals surface area (Å²) in [5, 5.41) is 12.1. The van der Waals surface area contributed by atoms with Crippen molar-refractivity contribution in [3.8, 4) is 6.07 Å². The molecule has 1 aromatic rings. The van der Waals surface area contributed by atoms with Crippen LogP contribution in [0, 0.1) is 17.2 Å². The molecule has 0 radical (unpaired) electrons. The summed E-state index contributed by atoms with van der Waals surface area (Å²) < 4.78 is 0. The van der Waals surface area contributed by atoms with E-state index in [1.807, 2.05) is 12.1 Å². The Balaban J connectivity index is 1.48. The molecule has 1 aromatic carbocycles. The van der Waals surface area contributed by atoms with E-state index in [0.717, 1.165) is 25.7 Å². The van der Waals surface area contributed by atoms with Gasteiger partial charge in [0, 0.05) is 18.3 Å². The van der Waals surface area contributed by atoms with Gasteiger partial charge in [0.25, 0.3) is 0 Å². The number of nitriles is 1. The maximum Gasteiger partial charge on any atom is 0.242 e. The summed E-state index contributed by atoms with van der Waals surface area (Å²) in [7, 11) is 0. The number of hydrogen-bond donors (Lipinski definition) is 1. The number of Topliss-reactive ketones (excluding diaryl/α,β-unsaturated/α-hetero) is 1. The maximum absolute atomic E-state index is 13.1. The Morgan fingerprint density at radius 1 is 1.24 bits per heavy atom. The van der Waals surface area contributed by atoms with Gasteiger partial charge in [-0.05, 0) is 36.8 Å². The number of nitrogens with zero attached hydrogens (tertiary/aromatic N) is 2. The van der Waals surface area contributed by atoms with Crippen LogP contribution in [0.5, 0.6) is 0 Å². The first-order chi connectivity index (χ1) is 12.2. The van der Waals surface area contributed by atoms with Crippen LogP contribution in [0.4, 0.5) is 0 Å². The fourth-order valence-electron chi connectivity index (χ4n) is 4.23. The van der Waals surface area contributed by atoms with Gasteiger partial charge in [-0.2, -0.15) is 5.26 Å². The van der Waals surface area contributed by atoms with Crippen LogP contribution in [0.3, 0.4) is 0 Å². The minimum atomic E-state index is -0.491. The van der Waals surface area contributed by atoms with Gasteiger partial charge in [-0.3, -0.25) is 14.9 Å². The van der Waals surface area contributed by atoms with Gasteiger partial charge in [-0.15, -0.1) is 11.8 Å². The second-order valence-electron chi connectivity index (χ2n) is 7.01. The predicted molar refractivity (Wildman–Crippen MR) is 95.9 cm³/mol. The lowest BCUT2D eigenvalue weighted by Crippen LogP contribution is -2.51. The molecule has 5 nitrogen and oxygen atoms in total. The molecule has 4 rings (SSSR count). The summed E-state index contributed by atoms with van der Waals surface area (Å²) in [6.45, 7) is 0.621. The number of benzene rings is 1. The van der Waals surface area contributed by atoms with Crippen LogP contribution in [0.15, 0.2) is 24.3 Å². The lowest BCUT2D eigenvalue weighted by molar-refractivity contribution is -0.135. The highest BCUT2D eigenvalue weighted by Gasteiger charge is 2.45. The molecular formula is C19H21N3O2S. The Hall–Kier alpha value is -1.84. The summed E-state index contributed by atoms with van der Waals surface area (Å²) >= 11 is 1.53. The molecule has 1 amide bonds. The van der Waals surface area contributed by atoms with Crippen LogP contribution < -0.4 is 5.32 Å². The molecule has 1 N–H and O–H groups in total. The normalized spacial score (nSPS) is 28.8. The van der Waals surface area contributed by atoms with E-state index in [9.17, 15) is 14.9 Å². The highest BCUT2D eigenvalue weighted by molar-refractivity contribution is 8.00. The number of likely N-dealkylation sites (tertiary alicyclic amines) is 1. The van der Waals surface area contributed by atoms with Gasteiger partial charge in [-0.25, -0.2) is 0 Å². The summed E-state index contributed by atoms with van der Waals surface area (Å²) in [5.41, 5.74) is 2.51. The Labute approximate surface area is 151 Å². The molecule has 6 heteroatoms. The van der Waals surface area contributed by atoms with E-state index in [4.69, 9.17) is 0 Å². The van der Waals surface area contributed by atoms with Crippen molar-refractivity contribution in [2.45, 2.75) is 43.0 Å². The molecule has 1 unspecified atom stereocenters. The first-order valence-electron chi connectivity index (χ1n) is 8.84. The van der Waals surface area contributed by atoms with Crippen LogP contribution in [-0.4, -0.2) is 46.3 Å². The number of amides is 1. The lowest BCUT2D eigenvalue weighted by Gasteiger charge is -2.26. The average Bonchev–Trinajstić information content (AvgIpc) is 3.38. The number of rotatable bonds is 3. The first kappa shape index (κ1) is 16.6.